The number of carbonyl (C=O) groups is 2. The van der Waals surface area contributed by atoms with Crippen LogP contribution in [0.4, 0.5) is 0 Å². The van der Waals surface area contributed by atoms with Gasteiger partial charge in [0.1, 0.15) is 0 Å². The summed E-state index contributed by atoms with van der Waals surface area (Å²) in [5.74, 6) is -0.900. The monoisotopic (exact) mass is 315 g/mol. The SMILES string of the molecule is CCCN(C(=O)c1cccc2ccccc12)C(CO)C(=O)OC. The Bertz CT molecular complexity index is 693. The molecule has 122 valence electrons. The summed E-state index contributed by atoms with van der Waals surface area (Å²) in [6.45, 7) is 1.81. The van der Waals surface area contributed by atoms with Gasteiger partial charge in [0, 0.05) is 12.1 Å². The van der Waals surface area contributed by atoms with Crippen molar-refractivity contribution in [1.29, 1.82) is 0 Å². The molecule has 0 spiro atoms. The second-order valence-electron chi connectivity index (χ2n) is 5.25. The van der Waals surface area contributed by atoms with E-state index in [1.165, 1.54) is 12.0 Å². The maximum atomic E-state index is 13.0. The molecule has 0 heterocycles. The number of nitrogens with zero attached hydrogens (tertiary/aromatic N) is 1. The quantitative estimate of drug-likeness (QED) is 0.830. The van der Waals surface area contributed by atoms with Gasteiger partial charge < -0.3 is 14.7 Å². The lowest BCUT2D eigenvalue weighted by atomic mass is 10.0. The first kappa shape index (κ1) is 17.0. The zero-order valence-corrected chi connectivity index (χ0v) is 13.4. The fraction of sp³-hybridized carbons (Fsp3) is 0.333. The van der Waals surface area contributed by atoms with Crippen molar-refractivity contribution in [2.75, 3.05) is 20.3 Å². The molecule has 0 aliphatic rings. The highest BCUT2D eigenvalue weighted by Crippen LogP contribution is 2.21. The molecule has 1 amide bonds. The van der Waals surface area contributed by atoms with Crippen LogP contribution in [0.1, 0.15) is 23.7 Å². The Morgan fingerprint density at radius 3 is 2.52 bits per heavy atom. The number of rotatable bonds is 6. The first-order valence-corrected chi connectivity index (χ1v) is 7.61. The smallest absolute Gasteiger partial charge is 0.331 e. The number of aliphatic hydroxyl groups is 1. The first-order valence-electron chi connectivity index (χ1n) is 7.61. The Labute approximate surface area is 135 Å². The molecule has 0 bridgehead atoms. The number of aliphatic hydroxyl groups excluding tert-OH is 1. The molecule has 2 aromatic rings. The Hall–Kier alpha value is -2.40. The summed E-state index contributed by atoms with van der Waals surface area (Å²) < 4.78 is 4.71. The number of esters is 1. The number of carbonyl (C=O) groups excluding carboxylic acids is 2. The third-order valence-electron chi connectivity index (χ3n) is 3.77. The summed E-state index contributed by atoms with van der Waals surface area (Å²) in [5.41, 5.74) is 0.513. The van der Waals surface area contributed by atoms with Crippen LogP contribution in [-0.4, -0.2) is 48.2 Å². The van der Waals surface area contributed by atoms with Gasteiger partial charge in [0.2, 0.25) is 0 Å². The average molecular weight is 315 g/mol. The maximum absolute atomic E-state index is 13.0. The highest BCUT2D eigenvalue weighted by Gasteiger charge is 2.30. The lowest BCUT2D eigenvalue weighted by Gasteiger charge is -2.28. The normalized spacial score (nSPS) is 12.0. The number of hydrogen-bond acceptors (Lipinski definition) is 4. The van der Waals surface area contributed by atoms with Crippen molar-refractivity contribution in [2.24, 2.45) is 0 Å². The minimum atomic E-state index is -0.994. The molecule has 0 aliphatic heterocycles. The fourth-order valence-corrected chi connectivity index (χ4v) is 2.64. The van der Waals surface area contributed by atoms with Gasteiger partial charge in [0.05, 0.1) is 13.7 Å². The molecule has 1 unspecified atom stereocenters. The molecule has 0 fully saturated rings. The number of benzene rings is 2. The van der Waals surface area contributed by atoms with Crippen molar-refractivity contribution in [3.63, 3.8) is 0 Å². The predicted molar refractivity (Wildman–Crippen MR) is 88.2 cm³/mol. The molecule has 2 aromatic carbocycles. The summed E-state index contributed by atoms with van der Waals surface area (Å²) in [6.07, 6.45) is 0.671. The zero-order chi connectivity index (χ0) is 16.8. The van der Waals surface area contributed by atoms with Gasteiger partial charge in [0.15, 0.2) is 6.04 Å². The summed E-state index contributed by atoms with van der Waals surface area (Å²) >= 11 is 0. The Kier molecular flexibility index (Phi) is 5.71. The molecular weight excluding hydrogens is 294 g/mol. The number of amides is 1. The molecule has 5 heteroatoms. The second-order valence-corrected chi connectivity index (χ2v) is 5.25. The van der Waals surface area contributed by atoms with Crippen LogP contribution in [0.15, 0.2) is 42.5 Å². The van der Waals surface area contributed by atoms with Crippen LogP contribution in [0, 0.1) is 0 Å². The van der Waals surface area contributed by atoms with E-state index >= 15 is 0 Å². The van der Waals surface area contributed by atoms with Crippen molar-refractivity contribution in [1.82, 2.24) is 4.90 Å². The first-order chi connectivity index (χ1) is 11.1. The molecule has 0 radical (unpaired) electrons. The van der Waals surface area contributed by atoms with Crippen molar-refractivity contribution >= 4 is 22.6 Å². The molecule has 23 heavy (non-hydrogen) atoms. The second kappa shape index (κ2) is 7.74. The Balaban J connectivity index is 2.46. The molecular formula is C18H21NO4. The van der Waals surface area contributed by atoms with Gasteiger partial charge >= 0.3 is 5.97 Å². The average Bonchev–Trinajstić information content (AvgIpc) is 2.60. The van der Waals surface area contributed by atoms with Gasteiger partial charge in [-0.15, -0.1) is 0 Å². The van der Waals surface area contributed by atoms with E-state index in [1.54, 1.807) is 6.07 Å². The van der Waals surface area contributed by atoms with E-state index in [2.05, 4.69) is 0 Å². The summed E-state index contributed by atoms with van der Waals surface area (Å²) in [4.78, 5) is 26.2. The van der Waals surface area contributed by atoms with E-state index in [-0.39, 0.29) is 5.91 Å². The molecule has 2 rings (SSSR count). The zero-order valence-electron chi connectivity index (χ0n) is 13.4. The van der Waals surface area contributed by atoms with Crippen LogP contribution in [-0.2, 0) is 9.53 Å². The van der Waals surface area contributed by atoms with Crippen LogP contribution in [0.5, 0.6) is 0 Å². The molecule has 0 aromatic heterocycles. The van der Waals surface area contributed by atoms with Gasteiger partial charge in [-0.2, -0.15) is 0 Å². The molecule has 0 aliphatic carbocycles. The number of fused-ring (bicyclic) bond motifs is 1. The van der Waals surface area contributed by atoms with Gasteiger partial charge in [-0.3, -0.25) is 4.79 Å². The number of methoxy groups -OCH3 is 1. The van der Waals surface area contributed by atoms with Crippen molar-refractivity contribution < 1.29 is 19.4 Å². The summed E-state index contributed by atoms with van der Waals surface area (Å²) in [6, 6.07) is 12.1. The molecule has 1 N–H and O–H groups in total. The van der Waals surface area contributed by atoms with Gasteiger partial charge in [-0.1, -0.05) is 43.3 Å². The van der Waals surface area contributed by atoms with Crippen molar-refractivity contribution in [2.45, 2.75) is 19.4 Å². The van der Waals surface area contributed by atoms with E-state index < -0.39 is 18.6 Å². The van der Waals surface area contributed by atoms with Crippen LogP contribution in [0.3, 0.4) is 0 Å². The number of hydrogen-bond donors (Lipinski definition) is 1. The standard InChI is InChI=1S/C18H21NO4/c1-3-11-19(16(12-20)18(22)23-2)17(21)15-10-6-8-13-7-4-5-9-14(13)15/h4-10,16,20H,3,11-12H2,1-2H3. The summed E-state index contributed by atoms with van der Waals surface area (Å²) in [5, 5.41) is 11.3. The highest BCUT2D eigenvalue weighted by molar-refractivity contribution is 6.08. The van der Waals surface area contributed by atoms with Crippen LogP contribution in [0.25, 0.3) is 10.8 Å². The van der Waals surface area contributed by atoms with E-state index in [4.69, 9.17) is 4.74 Å². The third kappa shape index (κ3) is 3.51. The lowest BCUT2D eigenvalue weighted by Crippen LogP contribution is -2.48. The van der Waals surface area contributed by atoms with Gasteiger partial charge in [0.25, 0.3) is 5.91 Å². The molecule has 0 saturated carbocycles. The molecule has 5 nitrogen and oxygen atoms in total. The van der Waals surface area contributed by atoms with Gasteiger partial charge in [-0.25, -0.2) is 4.79 Å². The maximum Gasteiger partial charge on any atom is 0.331 e. The summed E-state index contributed by atoms with van der Waals surface area (Å²) in [7, 11) is 1.25. The van der Waals surface area contributed by atoms with Crippen molar-refractivity contribution in [3.05, 3.63) is 48.0 Å². The van der Waals surface area contributed by atoms with Crippen LogP contribution < -0.4 is 0 Å². The largest absolute Gasteiger partial charge is 0.467 e. The predicted octanol–water partition coefficient (Wildman–Crippen LogP) is 2.23. The van der Waals surface area contributed by atoms with Crippen molar-refractivity contribution in [3.8, 4) is 0 Å². The fourth-order valence-electron chi connectivity index (χ4n) is 2.64. The molecule has 0 saturated heterocycles. The Morgan fingerprint density at radius 2 is 1.87 bits per heavy atom. The van der Waals surface area contributed by atoms with E-state index in [0.29, 0.717) is 18.5 Å². The van der Waals surface area contributed by atoms with Gasteiger partial charge in [-0.05, 0) is 23.3 Å². The minimum Gasteiger partial charge on any atom is -0.467 e. The lowest BCUT2D eigenvalue weighted by molar-refractivity contribution is -0.147. The van der Waals surface area contributed by atoms with E-state index in [9.17, 15) is 14.7 Å². The third-order valence-corrected chi connectivity index (χ3v) is 3.77. The van der Waals surface area contributed by atoms with Crippen LogP contribution in [0.2, 0.25) is 0 Å². The minimum absolute atomic E-state index is 0.284. The van der Waals surface area contributed by atoms with E-state index in [0.717, 1.165) is 10.8 Å². The Morgan fingerprint density at radius 1 is 1.17 bits per heavy atom. The topological polar surface area (TPSA) is 66.8 Å². The van der Waals surface area contributed by atoms with E-state index in [1.807, 2.05) is 43.3 Å². The number of ether oxygens (including phenoxy) is 1. The van der Waals surface area contributed by atoms with Crippen LogP contribution >= 0.6 is 0 Å². The highest BCUT2D eigenvalue weighted by atomic mass is 16.5. The molecule has 1 atom stereocenters.